The molecular weight excluding hydrogens is 552 g/mol. The molecule has 6 aromatic rings. The van der Waals surface area contributed by atoms with Gasteiger partial charge in [0.2, 0.25) is 17.2 Å². The molecule has 0 saturated carbocycles. The Morgan fingerprint density at radius 3 is 1.86 bits per heavy atom. The monoisotopic (exact) mass is 584 g/mol. The van der Waals surface area contributed by atoms with Crippen LogP contribution in [0.5, 0.6) is 28.7 Å². The van der Waals surface area contributed by atoms with Crippen LogP contribution in [0.25, 0.3) is 44.2 Å². The molecule has 5 aromatic carbocycles. The van der Waals surface area contributed by atoms with Gasteiger partial charge in [0, 0.05) is 22.1 Å². The van der Waals surface area contributed by atoms with Gasteiger partial charge in [-0.2, -0.15) is 0 Å². The predicted molar refractivity (Wildman–Crippen MR) is 177 cm³/mol. The fourth-order valence-electron chi connectivity index (χ4n) is 5.62. The number of benzene rings is 5. The highest BCUT2D eigenvalue weighted by molar-refractivity contribution is 6.11. The van der Waals surface area contributed by atoms with Crippen molar-refractivity contribution in [2.24, 2.45) is 0 Å². The van der Waals surface area contributed by atoms with Gasteiger partial charge in [-0.15, -0.1) is 0 Å². The lowest BCUT2D eigenvalue weighted by Crippen LogP contribution is -1.96. The predicted octanol–water partition coefficient (Wildman–Crippen LogP) is 9.09. The largest absolute Gasteiger partial charge is 0.503 e. The van der Waals surface area contributed by atoms with Crippen molar-refractivity contribution in [3.63, 3.8) is 0 Å². The first-order chi connectivity index (χ1) is 21.3. The normalized spacial score (nSPS) is 12.0. The molecular formula is C37H32N2O5. The highest BCUT2D eigenvalue weighted by Crippen LogP contribution is 2.54. The molecule has 0 aliphatic rings. The zero-order valence-corrected chi connectivity index (χ0v) is 24.3. The summed E-state index contributed by atoms with van der Waals surface area (Å²) in [5.74, 6) is -4.34. The van der Waals surface area contributed by atoms with Crippen molar-refractivity contribution in [3.05, 3.63) is 115 Å². The van der Waals surface area contributed by atoms with E-state index in [2.05, 4.69) is 48.7 Å². The van der Waals surface area contributed by atoms with Gasteiger partial charge in [-0.3, -0.25) is 0 Å². The lowest BCUT2D eigenvalue weighted by atomic mass is 10.0. The van der Waals surface area contributed by atoms with Crippen LogP contribution in [0.3, 0.4) is 0 Å². The van der Waals surface area contributed by atoms with Crippen LogP contribution >= 0.6 is 0 Å². The number of phenols is 5. The Morgan fingerprint density at radius 2 is 1.23 bits per heavy atom. The summed E-state index contributed by atoms with van der Waals surface area (Å²) in [7, 11) is 0. The zero-order chi connectivity index (χ0) is 31.0. The maximum Gasteiger partial charge on any atom is 0.208 e. The van der Waals surface area contributed by atoms with Crippen molar-refractivity contribution in [1.82, 2.24) is 4.57 Å². The summed E-state index contributed by atoms with van der Waals surface area (Å²) >= 11 is 0. The van der Waals surface area contributed by atoms with Crippen molar-refractivity contribution in [3.8, 4) is 45.6 Å². The Kier molecular flexibility index (Phi) is 7.37. The van der Waals surface area contributed by atoms with Crippen LogP contribution in [0.15, 0.2) is 109 Å². The number of nitrogens with one attached hydrogen (secondary N) is 1. The fourth-order valence-corrected chi connectivity index (χ4v) is 5.62. The highest BCUT2D eigenvalue weighted by atomic mass is 16.4. The molecule has 0 saturated heterocycles. The van der Waals surface area contributed by atoms with Gasteiger partial charge in [-0.1, -0.05) is 73.7 Å². The third kappa shape index (κ3) is 4.84. The standard InChI is InChI=1S/C37H32N2O5/c1-3-7-22(8-4-2)23-11-16-26(17-12-23)38-27-18-13-24(14-19-27)25-15-20-31-29(21-25)28-9-5-6-10-30(28)39(31)32-33(40)35(42)37(44)36(43)34(32)41/h3,5-21,38,40-44H,4H2,1-2H3/b7-3-,22-8+. The molecule has 0 aliphatic heterocycles. The molecule has 220 valence electrons. The van der Waals surface area contributed by atoms with Gasteiger partial charge in [0.25, 0.3) is 0 Å². The minimum Gasteiger partial charge on any atom is -0.503 e. The molecule has 6 rings (SSSR count). The van der Waals surface area contributed by atoms with Gasteiger partial charge in [0.15, 0.2) is 11.5 Å². The maximum atomic E-state index is 10.7. The second-order valence-corrected chi connectivity index (χ2v) is 10.5. The van der Waals surface area contributed by atoms with E-state index < -0.39 is 28.7 Å². The van der Waals surface area contributed by atoms with E-state index in [-0.39, 0.29) is 5.69 Å². The molecule has 0 amide bonds. The van der Waals surface area contributed by atoms with E-state index in [4.69, 9.17) is 0 Å². The van der Waals surface area contributed by atoms with E-state index in [1.807, 2.05) is 79.7 Å². The van der Waals surface area contributed by atoms with Crippen LogP contribution in [0.4, 0.5) is 11.4 Å². The number of aromatic nitrogens is 1. The van der Waals surface area contributed by atoms with Gasteiger partial charge in [0.1, 0.15) is 5.69 Å². The van der Waals surface area contributed by atoms with Crippen molar-refractivity contribution in [2.45, 2.75) is 20.3 Å². The summed E-state index contributed by atoms with van der Waals surface area (Å²) in [6.07, 6.45) is 7.36. The Morgan fingerprint density at radius 1 is 0.659 bits per heavy atom. The molecule has 7 nitrogen and oxygen atoms in total. The minimum atomic E-state index is -0.996. The number of allylic oxidation sites excluding steroid dienone is 4. The Labute approximate surface area is 254 Å². The number of anilines is 2. The number of phenolic OH excluding ortho intramolecular Hbond substituents is 5. The van der Waals surface area contributed by atoms with Gasteiger partial charge in [0.05, 0.1) is 11.0 Å². The van der Waals surface area contributed by atoms with Gasteiger partial charge >= 0.3 is 0 Å². The molecule has 0 unspecified atom stereocenters. The summed E-state index contributed by atoms with van der Waals surface area (Å²) < 4.78 is 1.55. The van der Waals surface area contributed by atoms with E-state index in [1.54, 1.807) is 4.57 Å². The smallest absolute Gasteiger partial charge is 0.208 e. The summed E-state index contributed by atoms with van der Waals surface area (Å²) in [5, 5.41) is 56.9. The summed E-state index contributed by atoms with van der Waals surface area (Å²) in [4.78, 5) is 0. The second kappa shape index (κ2) is 11.5. The summed E-state index contributed by atoms with van der Waals surface area (Å²) in [6, 6.07) is 29.7. The molecule has 44 heavy (non-hydrogen) atoms. The molecule has 0 bridgehead atoms. The van der Waals surface area contributed by atoms with Crippen molar-refractivity contribution in [2.75, 3.05) is 5.32 Å². The van der Waals surface area contributed by atoms with Crippen LogP contribution in [-0.4, -0.2) is 30.1 Å². The first-order valence-electron chi connectivity index (χ1n) is 14.4. The molecule has 7 heteroatoms. The van der Waals surface area contributed by atoms with Crippen LogP contribution in [0, 0.1) is 0 Å². The van der Waals surface area contributed by atoms with Crippen molar-refractivity contribution < 1.29 is 25.5 Å². The van der Waals surface area contributed by atoms with E-state index in [9.17, 15) is 25.5 Å². The molecule has 1 heterocycles. The van der Waals surface area contributed by atoms with Crippen LogP contribution in [0.2, 0.25) is 0 Å². The number of nitrogens with zero attached hydrogens (tertiary/aromatic N) is 1. The Hall–Kier alpha value is -5.82. The Bertz CT molecular complexity index is 2040. The number of rotatable bonds is 7. The van der Waals surface area contributed by atoms with E-state index in [0.717, 1.165) is 39.7 Å². The molecule has 0 atom stereocenters. The van der Waals surface area contributed by atoms with Crippen molar-refractivity contribution in [1.29, 1.82) is 0 Å². The topological polar surface area (TPSA) is 118 Å². The number of hydrogen-bond donors (Lipinski definition) is 6. The maximum absolute atomic E-state index is 10.7. The molecule has 0 fully saturated rings. The number of fused-ring (bicyclic) bond motifs is 3. The molecule has 1 aromatic heterocycles. The van der Waals surface area contributed by atoms with Crippen LogP contribution < -0.4 is 5.32 Å². The van der Waals surface area contributed by atoms with E-state index in [1.165, 1.54) is 11.1 Å². The van der Waals surface area contributed by atoms with Gasteiger partial charge < -0.3 is 35.4 Å². The SMILES string of the molecule is C/C=C\C(=C/CC)c1ccc(Nc2ccc(-c3ccc4c(c3)c3ccccc3n4-c3c(O)c(O)c(O)c(O)c3O)cc2)cc1. The average molecular weight is 585 g/mol. The number of aromatic hydroxyl groups is 5. The number of hydrogen-bond acceptors (Lipinski definition) is 6. The van der Waals surface area contributed by atoms with Crippen LogP contribution in [-0.2, 0) is 0 Å². The summed E-state index contributed by atoms with van der Waals surface area (Å²) in [5.41, 5.74) is 7.29. The van der Waals surface area contributed by atoms with E-state index >= 15 is 0 Å². The zero-order valence-electron chi connectivity index (χ0n) is 24.3. The Balaban J connectivity index is 1.34. The molecule has 0 radical (unpaired) electrons. The third-order valence-electron chi connectivity index (χ3n) is 7.74. The lowest BCUT2D eigenvalue weighted by molar-refractivity contribution is 0.327. The minimum absolute atomic E-state index is 0.236. The quantitative estimate of drug-likeness (QED) is 0.0633. The first-order valence-corrected chi connectivity index (χ1v) is 14.4. The molecule has 6 N–H and O–H groups in total. The summed E-state index contributed by atoms with van der Waals surface area (Å²) in [6.45, 7) is 4.15. The first kappa shape index (κ1) is 28.3. The molecule has 0 aliphatic carbocycles. The van der Waals surface area contributed by atoms with Gasteiger partial charge in [-0.05, 0) is 78.1 Å². The average Bonchev–Trinajstić information content (AvgIpc) is 3.37. The molecule has 0 spiro atoms. The highest BCUT2D eigenvalue weighted by Gasteiger charge is 2.27. The van der Waals surface area contributed by atoms with Crippen molar-refractivity contribution >= 4 is 38.8 Å². The van der Waals surface area contributed by atoms with Crippen LogP contribution in [0.1, 0.15) is 25.8 Å². The third-order valence-corrected chi connectivity index (χ3v) is 7.74. The van der Waals surface area contributed by atoms with Gasteiger partial charge in [-0.25, -0.2) is 0 Å². The second-order valence-electron chi connectivity index (χ2n) is 10.5. The number of para-hydroxylation sites is 1. The fraction of sp³-hybridized carbons (Fsp3) is 0.0811. The lowest BCUT2D eigenvalue weighted by Gasteiger charge is -2.15. The van der Waals surface area contributed by atoms with E-state index in [0.29, 0.717) is 11.0 Å².